The molecule has 146 valence electrons. The Morgan fingerprint density at radius 3 is 2.12 bits per heavy atom. The molecule has 0 unspecified atom stereocenters. The van der Waals surface area contributed by atoms with Crippen LogP contribution in [0.3, 0.4) is 0 Å². The lowest BCUT2D eigenvalue weighted by Crippen LogP contribution is -2.51. The highest BCUT2D eigenvalue weighted by Crippen LogP contribution is 2.23. The second-order valence-electron chi connectivity index (χ2n) is 5.44. The number of hydrogen-bond acceptors (Lipinski definition) is 4. The summed E-state index contributed by atoms with van der Waals surface area (Å²) >= 11 is 0. The lowest BCUT2D eigenvalue weighted by atomic mass is 10.3. The SMILES string of the molecule is O=C(COCC(F)(F)F)N1CCN(S(=O)(=O)c2c(F)cccc2F)CC1. The van der Waals surface area contributed by atoms with Gasteiger partial charge in [-0.2, -0.15) is 17.5 Å². The van der Waals surface area contributed by atoms with Crippen molar-refractivity contribution >= 4 is 15.9 Å². The molecule has 26 heavy (non-hydrogen) atoms. The van der Waals surface area contributed by atoms with E-state index in [1.165, 1.54) is 0 Å². The second kappa shape index (κ2) is 7.84. The monoisotopic (exact) mass is 402 g/mol. The number of alkyl halides is 3. The van der Waals surface area contributed by atoms with Gasteiger partial charge in [0.1, 0.15) is 24.8 Å². The lowest BCUT2D eigenvalue weighted by molar-refractivity contribution is -0.178. The zero-order chi connectivity index (χ0) is 19.5. The maximum absolute atomic E-state index is 13.7. The zero-order valence-corrected chi connectivity index (χ0v) is 14.1. The zero-order valence-electron chi connectivity index (χ0n) is 13.3. The highest BCUT2D eigenvalue weighted by molar-refractivity contribution is 7.89. The van der Waals surface area contributed by atoms with E-state index in [-0.39, 0.29) is 26.2 Å². The Balaban J connectivity index is 1.96. The molecule has 6 nitrogen and oxygen atoms in total. The molecule has 1 amide bonds. The molecule has 1 aliphatic heterocycles. The van der Waals surface area contributed by atoms with Crippen LogP contribution in [0.4, 0.5) is 22.0 Å². The number of benzene rings is 1. The van der Waals surface area contributed by atoms with Gasteiger partial charge in [-0.1, -0.05) is 6.07 Å². The first-order chi connectivity index (χ1) is 12.0. The van der Waals surface area contributed by atoms with E-state index in [9.17, 15) is 35.2 Å². The van der Waals surface area contributed by atoms with Crippen molar-refractivity contribution in [1.82, 2.24) is 9.21 Å². The summed E-state index contributed by atoms with van der Waals surface area (Å²) in [6.45, 7) is -3.14. The van der Waals surface area contributed by atoms with Crippen molar-refractivity contribution in [3.8, 4) is 0 Å². The molecule has 1 saturated heterocycles. The molecule has 1 heterocycles. The Morgan fingerprint density at radius 1 is 1.08 bits per heavy atom. The maximum Gasteiger partial charge on any atom is 0.411 e. The van der Waals surface area contributed by atoms with E-state index in [2.05, 4.69) is 4.74 Å². The fourth-order valence-electron chi connectivity index (χ4n) is 2.38. The van der Waals surface area contributed by atoms with Crippen molar-refractivity contribution < 1.29 is 39.9 Å². The van der Waals surface area contributed by atoms with Crippen molar-refractivity contribution in [3.05, 3.63) is 29.8 Å². The summed E-state index contributed by atoms with van der Waals surface area (Å²) in [5.74, 6) is -3.20. The molecule has 1 aromatic rings. The molecular weight excluding hydrogens is 387 g/mol. The van der Waals surface area contributed by atoms with Gasteiger partial charge in [0.15, 0.2) is 4.90 Å². The fraction of sp³-hybridized carbons (Fsp3) is 0.500. The summed E-state index contributed by atoms with van der Waals surface area (Å²) in [5, 5.41) is 0. The molecule has 0 bridgehead atoms. The molecule has 1 aromatic carbocycles. The number of rotatable bonds is 5. The molecule has 0 saturated carbocycles. The van der Waals surface area contributed by atoms with Crippen LogP contribution in [0.2, 0.25) is 0 Å². The van der Waals surface area contributed by atoms with Gasteiger partial charge in [-0.3, -0.25) is 4.79 Å². The third-order valence-electron chi connectivity index (χ3n) is 3.60. The number of sulfonamides is 1. The van der Waals surface area contributed by atoms with Crippen LogP contribution in [0.15, 0.2) is 23.1 Å². The molecule has 12 heteroatoms. The van der Waals surface area contributed by atoms with Gasteiger partial charge in [0, 0.05) is 26.2 Å². The second-order valence-corrected chi connectivity index (χ2v) is 7.32. The van der Waals surface area contributed by atoms with Crippen molar-refractivity contribution in [1.29, 1.82) is 0 Å². The van der Waals surface area contributed by atoms with Gasteiger partial charge in [0.05, 0.1) is 0 Å². The first-order valence-electron chi connectivity index (χ1n) is 7.39. The van der Waals surface area contributed by atoms with E-state index >= 15 is 0 Å². The van der Waals surface area contributed by atoms with Crippen LogP contribution in [0, 0.1) is 11.6 Å². The minimum absolute atomic E-state index is 0.135. The first-order valence-corrected chi connectivity index (χ1v) is 8.83. The normalized spacial score (nSPS) is 16.7. The number of ether oxygens (including phenoxy) is 1. The third kappa shape index (κ3) is 4.89. The summed E-state index contributed by atoms with van der Waals surface area (Å²) in [6.07, 6.45) is -4.56. The Hall–Kier alpha value is -1.79. The number of halogens is 5. The number of carbonyl (C=O) groups is 1. The largest absolute Gasteiger partial charge is 0.411 e. The quantitative estimate of drug-likeness (QED) is 0.698. The predicted molar refractivity (Wildman–Crippen MR) is 78.6 cm³/mol. The molecule has 2 rings (SSSR count). The molecule has 0 radical (unpaired) electrons. The van der Waals surface area contributed by atoms with E-state index in [4.69, 9.17) is 0 Å². The van der Waals surface area contributed by atoms with Crippen molar-refractivity contribution in [2.45, 2.75) is 11.1 Å². The van der Waals surface area contributed by atoms with Crippen LogP contribution >= 0.6 is 0 Å². The minimum atomic E-state index is -4.56. The number of hydrogen-bond donors (Lipinski definition) is 0. The van der Waals surface area contributed by atoms with E-state index in [1.54, 1.807) is 0 Å². The van der Waals surface area contributed by atoms with Gasteiger partial charge in [0.2, 0.25) is 15.9 Å². The van der Waals surface area contributed by atoms with Gasteiger partial charge in [-0.05, 0) is 12.1 Å². The van der Waals surface area contributed by atoms with Gasteiger partial charge in [0.25, 0.3) is 0 Å². The van der Waals surface area contributed by atoms with Crippen LogP contribution in [0.1, 0.15) is 0 Å². The standard InChI is InChI=1S/C14H15F5N2O4S/c15-10-2-1-3-11(16)13(10)26(23,24)21-6-4-20(5-7-21)12(22)8-25-9-14(17,18)19/h1-3H,4-9H2. The molecule has 0 aliphatic carbocycles. The van der Waals surface area contributed by atoms with E-state index in [0.29, 0.717) is 0 Å². The van der Waals surface area contributed by atoms with Crippen molar-refractivity contribution in [2.75, 3.05) is 39.4 Å². The number of nitrogens with zero attached hydrogens (tertiary/aromatic N) is 2. The van der Waals surface area contributed by atoms with Gasteiger partial charge in [-0.15, -0.1) is 0 Å². The molecule has 0 spiro atoms. The Morgan fingerprint density at radius 2 is 1.62 bits per heavy atom. The average molecular weight is 402 g/mol. The highest BCUT2D eigenvalue weighted by Gasteiger charge is 2.34. The van der Waals surface area contributed by atoms with Crippen molar-refractivity contribution in [3.63, 3.8) is 0 Å². The summed E-state index contributed by atoms with van der Waals surface area (Å²) in [6, 6.07) is 2.66. The van der Waals surface area contributed by atoms with Gasteiger partial charge >= 0.3 is 6.18 Å². The summed E-state index contributed by atoms with van der Waals surface area (Å²) < 4.78 is 93.2. The number of carbonyl (C=O) groups excluding carboxylic acids is 1. The van der Waals surface area contributed by atoms with Crippen molar-refractivity contribution in [2.24, 2.45) is 0 Å². The molecule has 0 atom stereocenters. The molecule has 0 aromatic heterocycles. The predicted octanol–water partition coefficient (Wildman–Crippen LogP) is 1.38. The van der Waals surface area contributed by atoms with E-state index < -0.39 is 51.9 Å². The fourth-order valence-corrected chi connectivity index (χ4v) is 3.91. The Labute approximate surface area is 146 Å². The van der Waals surface area contributed by atoms with Gasteiger partial charge < -0.3 is 9.64 Å². The highest BCUT2D eigenvalue weighted by atomic mass is 32.2. The summed E-state index contributed by atoms with van der Waals surface area (Å²) in [4.78, 5) is 11.8. The molecular formula is C14H15F5N2O4S. The third-order valence-corrected chi connectivity index (χ3v) is 5.55. The molecule has 1 aliphatic rings. The Bertz CT molecular complexity index is 741. The summed E-state index contributed by atoms with van der Waals surface area (Å²) in [7, 11) is -4.44. The van der Waals surface area contributed by atoms with Crippen LogP contribution < -0.4 is 0 Å². The molecule has 1 fully saturated rings. The van der Waals surface area contributed by atoms with E-state index in [0.717, 1.165) is 27.4 Å². The maximum atomic E-state index is 13.7. The average Bonchev–Trinajstić information content (AvgIpc) is 2.53. The van der Waals surface area contributed by atoms with E-state index in [1.807, 2.05) is 0 Å². The Kier molecular flexibility index (Phi) is 6.19. The first kappa shape index (κ1) is 20.5. The van der Waals surface area contributed by atoms with Crippen LogP contribution in [0.25, 0.3) is 0 Å². The van der Waals surface area contributed by atoms with Crippen LogP contribution in [0.5, 0.6) is 0 Å². The lowest BCUT2D eigenvalue weighted by Gasteiger charge is -2.34. The topological polar surface area (TPSA) is 66.9 Å². The van der Waals surface area contributed by atoms with Crippen LogP contribution in [-0.4, -0.2) is 69.1 Å². The minimum Gasteiger partial charge on any atom is -0.362 e. The smallest absolute Gasteiger partial charge is 0.362 e. The van der Waals surface area contributed by atoms with Crippen LogP contribution in [-0.2, 0) is 19.6 Å². The number of amides is 1. The van der Waals surface area contributed by atoms with Gasteiger partial charge in [-0.25, -0.2) is 17.2 Å². The number of piperazine rings is 1. The molecule has 0 N–H and O–H groups in total. The summed E-state index contributed by atoms with van der Waals surface area (Å²) in [5.41, 5.74) is 0.